The normalized spacial score (nSPS) is 11.3. The van der Waals surface area contributed by atoms with E-state index in [1.165, 1.54) is 15.9 Å². The molecule has 0 unspecified atom stereocenters. The number of nitrogens with zero attached hydrogens (tertiary/aromatic N) is 1. The fraction of sp³-hybridized carbons (Fsp3) is 0.105. The highest BCUT2D eigenvalue weighted by atomic mass is 28.3. The summed E-state index contributed by atoms with van der Waals surface area (Å²) >= 11 is 0. The number of rotatable bonds is 3. The summed E-state index contributed by atoms with van der Waals surface area (Å²) in [5.41, 5.74) is 2.21. The molecule has 0 saturated heterocycles. The van der Waals surface area contributed by atoms with Gasteiger partial charge in [-0.25, -0.2) is 0 Å². The highest BCUT2D eigenvalue weighted by Gasteiger charge is 2.25. The molecule has 3 aromatic rings. The molecule has 0 N–H and O–H groups in total. The Balaban J connectivity index is 1.94. The number of aromatic nitrogens is 1. The molecule has 0 saturated carbocycles. The Morgan fingerprint density at radius 1 is 0.667 bits per heavy atom. The topological polar surface area (TPSA) is 12.9 Å². The lowest BCUT2D eigenvalue weighted by Gasteiger charge is -2.23. The van der Waals surface area contributed by atoms with Crippen LogP contribution in [0.4, 0.5) is 0 Å². The van der Waals surface area contributed by atoms with Crippen molar-refractivity contribution in [1.82, 2.24) is 4.98 Å². The summed E-state index contributed by atoms with van der Waals surface area (Å²) in [4.78, 5) is 4.68. The largest absolute Gasteiger partial charge is 0.256 e. The third-order valence-corrected chi connectivity index (χ3v) is 7.57. The van der Waals surface area contributed by atoms with Crippen LogP contribution < -0.4 is 10.4 Å². The first-order valence-corrected chi connectivity index (χ1v) is 10.3. The monoisotopic (exact) mass is 289 g/mol. The van der Waals surface area contributed by atoms with E-state index < -0.39 is 8.07 Å². The van der Waals surface area contributed by atoms with E-state index in [9.17, 15) is 0 Å². The second-order valence-electron chi connectivity index (χ2n) is 5.79. The molecule has 0 aliphatic heterocycles. The fourth-order valence-electron chi connectivity index (χ4n) is 2.56. The summed E-state index contributed by atoms with van der Waals surface area (Å²) in [7, 11) is -1.64. The van der Waals surface area contributed by atoms with Crippen molar-refractivity contribution in [3.63, 3.8) is 0 Å². The third kappa shape index (κ3) is 2.81. The van der Waals surface area contributed by atoms with Gasteiger partial charge in [0.05, 0.1) is 5.69 Å². The average Bonchev–Trinajstić information content (AvgIpc) is 2.57. The van der Waals surface area contributed by atoms with Gasteiger partial charge >= 0.3 is 0 Å². The minimum atomic E-state index is -1.64. The van der Waals surface area contributed by atoms with Crippen molar-refractivity contribution in [3.8, 4) is 11.3 Å². The van der Waals surface area contributed by atoms with E-state index in [1.807, 2.05) is 18.2 Å². The van der Waals surface area contributed by atoms with Crippen molar-refractivity contribution < 1.29 is 0 Å². The maximum Gasteiger partial charge on any atom is 0.114 e. The highest BCUT2D eigenvalue weighted by Crippen LogP contribution is 2.15. The molecule has 1 heterocycles. The maximum atomic E-state index is 4.68. The van der Waals surface area contributed by atoms with Crippen molar-refractivity contribution >= 4 is 18.4 Å². The van der Waals surface area contributed by atoms with Crippen LogP contribution in [0.2, 0.25) is 13.1 Å². The van der Waals surface area contributed by atoms with Crippen LogP contribution in [0, 0.1) is 0 Å². The first-order valence-electron chi connectivity index (χ1n) is 7.25. The van der Waals surface area contributed by atoms with E-state index >= 15 is 0 Å². The van der Waals surface area contributed by atoms with Crippen molar-refractivity contribution in [3.05, 3.63) is 79.0 Å². The fourth-order valence-corrected chi connectivity index (χ4v) is 4.81. The predicted molar refractivity (Wildman–Crippen MR) is 92.9 cm³/mol. The van der Waals surface area contributed by atoms with Gasteiger partial charge in [0, 0.05) is 11.8 Å². The molecule has 3 rings (SSSR count). The number of hydrogen-bond acceptors (Lipinski definition) is 1. The summed E-state index contributed by atoms with van der Waals surface area (Å²) in [6, 6.07) is 25.5. The van der Waals surface area contributed by atoms with Gasteiger partial charge in [0.2, 0.25) is 0 Å². The van der Waals surface area contributed by atoms with Crippen LogP contribution in [0.15, 0.2) is 79.0 Å². The molecule has 0 spiro atoms. The molecule has 1 nitrogen and oxygen atoms in total. The molecule has 0 amide bonds. The predicted octanol–water partition coefficient (Wildman–Crippen LogP) is 3.57. The molecule has 0 aliphatic carbocycles. The number of pyridine rings is 1. The molecule has 0 aliphatic rings. The van der Waals surface area contributed by atoms with E-state index in [0.29, 0.717) is 0 Å². The number of hydrogen-bond donors (Lipinski definition) is 0. The Bertz CT molecular complexity index is 704. The van der Waals surface area contributed by atoms with Gasteiger partial charge in [0.1, 0.15) is 8.07 Å². The van der Waals surface area contributed by atoms with Gasteiger partial charge in [-0.2, -0.15) is 0 Å². The minimum absolute atomic E-state index is 1.04. The summed E-state index contributed by atoms with van der Waals surface area (Å²) in [6.45, 7) is 4.75. The summed E-state index contributed by atoms with van der Waals surface area (Å²) < 4.78 is 0. The van der Waals surface area contributed by atoms with Crippen molar-refractivity contribution in [2.45, 2.75) is 13.1 Å². The van der Waals surface area contributed by atoms with Gasteiger partial charge in [0.25, 0.3) is 0 Å². The SMILES string of the molecule is C[Si](C)(c1ccccc1)c1ccc(-c2ccccc2)nc1. The lowest BCUT2D eigenvalue weighted by atomic mass is 10.1. The van der Waals surface area contributed by atoms with E-state index in [-0.39, 0.29) is 0 Å². The molecule has 0 radical (unpaired) electrons. The van der Waals surface area contributed by atoms with E-state index in [0.717, 1.165) is 5.69 Å². The van der Waals surface area contributed by atoms with E-state index in [1.54, 1.807) is 0 Å². The molecular formula is C19H19NSi. The zero-order valence-electron chi connectivity index (χ0n) is 12.5. The Morgan fingerprint density at radius 2 is 1.29 bits per heavy atom. The van der Waals surface area contributed by atoms with Crippen molar-refractivity contribution in [1.29, 1.82) is 0 Å². The smallest absolute Gasteiger partial charge is 0.114 e. The third-order valence-electron chi connectivity index (χ3n) is 4.05. The first kappa shape index (κ1) is 13.8. The van der Waals surface area contributed by atoms with Gasteiger partial charge in [-0.05, 0) is 11.3 Å². The standard InChI is InChI=1S/C19H19NSi/c1-21(2,17-11-7-4-8-12-17)18-13-14-19(20-15-18)16-9-5-3-6-10-16/h3-15H,1-2H3. The molecular weight excluding hydrogens is 270 g/mol. The summed E-state index contributed by atoms with van der Waals surface area (Å²) in [5.74, 6) is 0. The van der Waals surface area contributed by atoms with Crippen LogP contribution in [-0.2, 0) is 0 Å². The summed E-state index contributed by atoms with van der Waals surface area (Å²) in [5, 5.41) is 2.81. The molecule has 0 atom stereocenters. The Labute approximate surface area is 127 Å². The Morgan fingerprint density at radius 3 is 1.86 bits per heavy atom. The van der Waals surface area contributed by atoms with E-state index in [2.05, 4.69) is 78.9 Å². The molecule has 2 aromatic carbocycles. The van der Waals surface area contributed by atoms with Crippen LogP contribution in [0.5, 0.6) is 0 Å². The van der Waals surface area contributed by atoms with Gasteiger partial charge in [-0.15, -0.1) is 0 Å². The molecule has 0 fully saturated rings. The molecule has 1 aromatic heterocycles. The maximum absolute atomic E-state index is 4.68. The Kier molecular flexibility index (Phi) is 3.71. The first-order chi connectivity index (χ1) is 10.2. The number of benzene rings is 2. The molecule has 2 heteroatoms. The van der Waals surface area contributed by atoms with Gasteiger partial charge in [-0.1, -0.05) is 85.0 Å². The van der Waals surface area contributed by atoms with Crippen LogP contribution in [-0.4, -0.2) is 13.1 Å². The van der Waals surface area contributed by atoms with Gasteiger partial charge in [-0.3, -0.25) is 4.98 Å². The van der Waals surface area contributed by atoms with Crippen LogP contribution >= 0.6 is 0 Å². The quantitative estimate of drug-likeness (QED) is 0.672. The second kappa shape index (κ2) is 5.66. The van der Waals surface area contributed by atoms with Crippen LogP contribution in [0.3, 0.4) is 0 Å². The zero-order valence-corrected chi connectivity index (χ0v) is 13.5. The van der Waals surface area contributed by atoms with E-state index in [4.69, 9.17) is 0 Å². The second-order valence-corrected chi connectivity index (χ2v) is 10.2. The molecule has 0 bridgehead atoms. The molecule has 104 valence electrons. The Hall–Kier alpha value is -2.19. The average molecular weight is 289 g/mol. The van der Waals surface area contributed by atoms with Crippen molar-refractivity contribution in [2.75, 3.05) is 0 Å². The lowest BCUT2D eigenvalue weighted by molar-refractivity contribution is 1.34. The van der Waals surface area contributed by atoms with Gasteiger partial charge < -0.3 is 0 Å². The van der Waals surface area contributed by atoms with Gasteiger partial charge in [0.15, 0.2) is 0 Å². The lowest BCUT2D eigenvalue weighted by Crippen LogP contribution is -2.52. The zero-order chi connectivity index (χ0) is 14.7. The molecule has 21 heavy (non-hydrogen) atoms. The van der Waals surface area contributed by atoms with Crippen molar-refractivity contribution in [2.24, 2.45) is 0 Å². The summed E-state index contributed by atoms with van der Waals surface area (Å²) in [6.07, 6.45) is 2.06. The highest BCUT2D eigenvalue weighted by molar-refractivity contribution is 7.00. The minimum Gasteiger partial charge on any atom is -0.256 e. The van der Waals surface area contributed by atoms with Crippen LogP contribution in [0.1, 0.15) is 0 Å². The van der Waals surface area contributed by atoms with Crippen LogP contribution in [0.25, 0.3) is 11.3 Å².